The van der Waals surface area contributed by atoms with Crippen LogP contribution >= 0.6 is 11.6 Å². The van der Waals surface area contributed by atoms with E-state index in [1.807, 2.05) is 6.92 Å². The second kappa shape index (κ2) is 7.75. The molecule has 2 rings (SSSR count). The van der Waals surface area contributed by atoms with Crippen molar-refractivity contribution in [3.63, 3.8) is 0 Å². The molecule has 24 heavy (non-hydrogen) atoms. The van der Waals surface area contributed by atoms with Gasteiger partial charge in [0.05, 0.1) is 11.9 Å². The number of nitrogens with one attached hydrogen (secondary N) is 3. The molecule has 0 aliphatic heterocycles. The van der Waals surface area contributed by atoms with Gasteiger partial charge < -0.3 is 5.32 Å². The largest absolute Gasteiger partial charge is 0.338 e. The van der Waals surface area contributed by atoms with Gasteiger partial charge in [-0.2, -0.15) is 4.98 Å². The standard InChI is InChI=1S/C14H19ClN6O2S/c1-3-9(2)21-24(22,23)12-7-5-4-6-11(12)18-13-10(15)8-17-14(19-13)20-16/h4-9,21H,3,16H2,1-2H3,(H2,17,18,19,20). The highest BCUT2D eigenvalue weighted by Gasteiger charge is 2.21. The molecule has 1 heterocycles. The maximum Gasteiger partial charge on any atom is 0.242 e. The third kappa shape index (κ3) is 4.32. The van der Waals surface area contributed by atoms with Crippen LogP contribution in [0.5, 0.6) is 0 Å². The third-order valence-electron chi connectivity index (χ3n) is 3.27. The lowest BCUT2D eigenvalue weighted by molar-refractivity contribution is 0.556. The fourth-order valence-corrected chi connectivity index (χ4v) is 3.50. The van der Waals surface area contributed by atoms with Crippen molar-refractivity contribution in [1.29, 1.82) is 0 Å². The lowest BCUT2D eigenvalue weighted by Crippen LogP contribution is -2.32. The van der Waals surface area contributed by atoms with Gasteiger partial charge in [-0.3, -0.25) is 5.43 Å². The zero-order valence-electron chi connectivity index (χ0n) is 13.2. The highest BCUT2D eigenvalue weighted by Crippen LogP contribution is 2.28. The summed E-state index contributed by atoms with van der Waals surface area (Å²) in [5.74, 6) is 5.67. The van der Waals surface area contributed by atoms with Crippen LogP contribution in [0, 0.1) is 0 Å². The molecule has 1 unspecified atom stereocenters. The highest BCUT2D eigenvalue weighted by atomic mass is 35.5. The van der Waals surface area contributed by atoms with E-state index in [1.54, 1.807) is 25.1 Å². The van der Waals surface area contributed by atoms with E-state index in [2.05, 4.69) is 25.4 Å². The Bertz CT molecular complexity index is 815. The maximum atomic E-state index is 12.6. The fourth-order valence-electron chi connectivity index (χ4n) is 1.87. The van der Waals surface area contributed by atoms with Crippen LogP contribution in [0.1, 0.15) is 20.3 Å². The SMILES string of the molecule is CCC(C)NS(=O)(=O)c1ccccc1Nc1nc(NN)ncc1Cl. The second-order valence-corrected chi connectivity index (χ2v) is 7.18. The minimum Gasteiger partial charge on any atom is -0.338 e. The summed E-state index contributed by atoms with van der Waals surface area (Å²) >= 11 is 6.06. The molecule has 0 saturated carbocycles. The van der Waals surface area contributed by atoms with Gasteiger partial charge >= 0.3 is 0 Å². The van der Waals surface area contributed by atoms with E-state index < -0.39 is 10.0 Å². The lowest BCUT2D eigenvalue weighted by Gasteiger charge is -2.16. The zero-order chi connectivity index (χ0) is 17.7. The number of sulfonamides is 1. The number of aromatic nitrogens is 2. The minimum atomic E-state index is -3.69. The number of halogens is 1. The topological polar surface area (TPSA) is 122 Å². The molecular weight excluding hydrogens is 352 g/mol. The summed E-state index contributed by atoms with van der Waals surface area (Å²) < 4.78 is 27.8. The summed E-state index contributed by atoms with van der Waals surface area (Å²) in [7, 11) is -3.69. The first-order chi connectivity index (χ1) is 11.4. The summed E-state index contributed by atoms with van der Waals surface area (Å²) in [6, 6.07) is 6.30. The molecule has 10 heteroatoms. The Morgan fingerprint density at radius 1 is 1.33 bits per heavy atom. The van der Waals surface area contributed by atoms with Crippen LogP contribution < -0.4 is 21.3 Å². The van der Waals surface area contributed by atoms with Crippen LogP contribution in [0.2, 0.25) is 5.02 Å². The molecule has 2 aromatic rings. The van der Waals surface area contributed by atoms with Crippen molar-refractivity contribution in [2.45, 2.75) is 31.2 Å². The molecule has 1 aromatic heterocycles. The van der Waals surface area contributed by atoms with Crippen molar-refractivity contribution in [2.24, 2.45) is 5.84 Å². The number of nitrogens with two attached hydrogens (primary N) is 1. The Labute approximate surface area is 145 Å². The number of para-hydroxylation sites is 1. The number of benzene rings is 1. The van der Waals surface area contributed by atoms with Crippen LogP contribution in [-0.4, -0.2) is 24.4 Å². The molecule has 0 saturated heterocycles. The van der Waals surface area contributed by atoms with E-state index in [1.165, 1.54) is 12.3 Å². The summed E-state index contributed by atoms with van der Waals surface area (Å²) in [4.78, 5) is 8.05. The molecule has 0 amide bonds. The van der Waals surface area contributed by atoms with Gasteiger partial charge in [0.25, 0.3) is 0 Å². The number of hydrazine groups is 1. The monoisotopic (exact) mass is 370 g/mol. The predicted molar refractivity (Wildman–Crippen MR) is 94.7 cm³/mol. The molecule has 8 nitrogen and oxygen atoms in total. The summed E-state index contributed by atoms with van der Waals surface area (Å²) in [6.07, 6.45) is 2.04. The molecule has 1 atom stereocenters. The van der Waals surface area contributed by atoms with Crippen molar-refractivity contribution in [3.8, 4) is 0 Å². The van der Waals surface area contributed by atoms with Crippen LogP contribution in [0.4, 0.5) is 17.5 Å². The number of anilines is 3. The van der Waals surface area contributed by atoms with Gasteiger partial charge in [0.2, 0.25) is 16.0 Å². The Kier molecular flexibility index (Phi) is 5.94. The van der Waals surface area contributed by atoms with Crippen LogP contribution in [0.25, 0.3) is 0 Å². The van der Waals surface area contributed by atoms with E-state index in [0.29, 0.717) is 12.1 Å². The van der Waals surface area contributed by atoms with Gasteiger partial charge in [0.15, 0.2) is 5.82 Å². The normalized spacial score (nSPS) is 12.7. The Hall–Kier alpha value is -1.94. The van der Waals surface area contributed by atoms with Crippen LogP contribution in [-0.2, 0) is 10.0 Å². The van der Waals surface area contributed by atoms with E-state index >= 15 is 0 Å². The quantitative estimate of drug-likeness (QED) is 0.435. The van der Waals surface area contributed by atoms with Crippen LogP contribution in [0.15, 0.2) is 35.4 Å². The molecule has 0 aliphatic rings. The third-order valence-corrected chi connectivity index (χ3v) is 5.20. The average Bonchev–Trinajstić information content (AvgIpc) is 2.56. The lowest BCUT2D eigenvalue weighted by atomic mass is 10.3. The molecule has 5 N–H and O–H groups in total. The fraction of sp³-hybridized carbons (Fsp3) is 0.286. The summed E-state index contributed by atoms with van der Waals surface area (Å²) in [6.45, 7) is 3.70. The van der Waals surface area contributed by atoms with E-state index in [-0.39, 0.29) is 27.7 Å². The highest BCUT2D eigenvalue weighted by molar-refractivity contribution is 7.89. The molecule has 130 valence electrons. The van der Waals surface area contributed by atoms with Gasteiger partial charge in [-0.05, 0) is 25.5 Å². The number of nitrogen functional groups attached to an aromatic ring is 1. The smallest absolute Gasteiger partial charge is 0.242 e. The average molecular weight is 371 g/mol. The second-order valence-electron chi connectivity index (χ2n) is 5.09. The molecular formula is C14H19ClN6O2S. The van der Waals surface area contributed by atoms with Crippen molar-refractivity contribution in [2.75, 3.05) is 10.7 Å². The summed E-state index contributed by atoms with van der Waals surface area (Å²) in [5.41, 5.74) is 2.65. The van der Waals surface area contributed by atoms with Gasteiger partial charge in [-0.25, -0.2) is 24.0 Å². The molecule has 0 bridgehead atoms. The predicted octanol–water partition coefficient (Wildman–Crippen LogP) is 2.24. The Balaban J connectivity index is 2.40. The van der Waals surface area contributed by atoms with Gasteiger partial charge in [-0.1, -0.05) is 30.7 Å². The van der Waals surface area contributed by atoms with Crippen molar-refractivity contribution in [3.05, 3.63) is 35.5 Å². The zero-order valence-corrected chi connectivity index (χ0v) is 14.8. The van der Waals surface area contributed by atoms with E-state index in [0.717, 1.165) is 0 Å². The Morgan fingerprint density at radius 2 is 2.04 bits per heavy atom. The molecule has 0 aliphatic carbocycles. The first kappa shape index (κ1) is 18.4. The molecule has 0 spiro atoms. The first-order valence-electron chi connectivity index (χ1n) is 7.25. The van der Waals surface area contributed by atoms with Gasteiger partial charge in [0, 0.05) is 6.04 Å². The number of rotatable bonds is 7. The van der Waals surface area contributed by atoms with Crippen molar-refractivity contribution in [1.82, 2.24) is 14.7 Å². The van der Waals surface area contributed by atoms with Gasteiger partial charge in [0.1, 0.15) is 9.92 Å². The van der Waals surface area contributed by atoms with Gasteiger partial charge in [-0.15, -0.1) is 0 Å². The Morgan fingerprint density at radius 3 is 2.71 bits per heavy atom. The minimum absolute atomic E-state index is 0.0993. The molecule has 0 fully saturated rings. The van der Waals surface area contributed by atoms with Crippen LogP contribution in [0.3, 0.4) is 0 Å². The first-order valence-corrected chi connectivity index (χ1v) is 9.11. The summed E-state index contributed by atoms with van der Waals surface area (Å²) in [5, 5.41) is 3.15. The number of hydrogen-bond donors (Lipinski definition) is 4. The van der Waals surface area contributed by atoms with Crippen molar-refractivity contribution < 1.29 is 8.42 Å². The van der Waals surface area contributed by atoms with Crippen molar-refractivity contribution >= 4 is 39.1 Å². The molecule has 0 radical (unpaired) electrons. The molecule has 1 aromatic carbocycles. The maximum absolute atomic E-state index is 12.6. The van der Waals surface area contributed by atoms with E-state index in [4.69, 9.17) is 17.4 Å². The van der Waals surface area contributed by atoms with E-state index in [9.17, 15) is 8.42 Å². The number of hydrogen-bond acceptors (Lipinski definition) is 7. The number of nitrogens with zero attached hydrogens (tertiary/aromatic N) is 2.